The number of rotatable bonds is 3. The smallest absolute Gasteiger partial charge is 0.0432 e. The van der Waals surface area contributed by atoms with Crippen molar-refractivity contribution in [2.75, 3.05) is 24.5 Å². The number of hydrogen-bond donors (Lipinski definition) is 1. The van der Waals surface area contributed by atoms with Gasteiger partial charge in [0.25, 0.3) is 0 Å². The maximum atomic E-state index is 7.56. The zero-order valence-electron chi connectivity index (χ0n) is 12.4. The maximum Gasteiger partial charge on any atom is 0.0432 e. The van der Waals surface area contributed by atoms with E-state index in [1.165, 1.54) is 24.9 Å². The molecule has 1 aromatic carbocycles. The minimum Gasteiger partial charge on any atom is -0.372 e. The lowest BCUT2D eigenvalue weighted by molar-refractivity contribution is 0.578. The molecule has 1 aliphatic heterocycles. The zero-order chi connectivity index (χ0) is 13.2. The third kappa shape index (κ3) is 3.62. The van der Waals surface area contributed by atoms with Gasteiger partial charge in [0, 0.05) is 21.5 Å². The molecule has 0 bridgehead atoms. The van der Waals surface area contributed by atoms with E-state index in [2.05, 4.69) is 17.0 Å². The Morgan fingerprint density at radius 3 is 2.35 bits per heavy atom. The molecule has 17 heavy (non-hydrogen) atoms. The first-order chi connectivity index (χ1) is 8.48. The lowest BCUT2D eigenvalue weighted by Gasteiger charge is -2.29. The molecule has 0 radical (unpaired) electrons. The van der Waals surface area contributed by atoms with E-state index in [0.29, 0.717) is 0 Å². The molecule has 2 rings (SSSR count). The molecule has 2 nitrogen and oxygen atoms in total. The molecular formula is C14H23ClN2. The van der Waals surface area contributed by atoms with Gasteiger partial charge in [0.2, 0.25) is 0 Å². The Bertz CT molecular complexity index is 383. The molecule has 1 aliphatic rings. The Labute approximate surface area is 113 Å². The van der Waals surface area contributed by atoms with E-state index in [1.807, 2.05) is 19.1 Å². The maximum absolute atomic E-state index is 7.56. The predicted octanol–water partition coefficient (Wildman–Crippen LogP) is 3.16. The van der Waals surface area contributed by atoms with Crippen molar-refractivity contribution in [2.24, 2.45) is 5.73 Å². The van der Waals surface area contributed by atoms with Crippen LogP contribution in [0.3, 0.4) is 0 Å². The highest BCUT2D eigenvalue weighted by Gasteiger charge is 2.11. The summed E-state index contributed by atoms with van der Waals surface area (Å²) < 4.78 is 15.1. The first-order valence-electron chi connectivity index (χ1n) is 7.12. The summed E-state index contributed by atoms with van der Waals surface area (Å²) in [7, 11) is 0. The van der Waals surface area contributed by atoms with E-state index in [9.17, 15) is 0 Å². The Morgan fingerprint density at radius 2 is 1.82 bits per heavy atom. The number of benzene rings is 1. The molecule has 2 N–H and O–H groups in total. The largest absolute Gasteiger partial charge is 0.372 e. The van der Waals surface area contributed by atoms with Crippen molar-refractivity contribution in [3.8, 4) is 0 Å². The Balaban J connectivity index is 0.00000180. The average molecular weight is 257 g/mol. The first-order valence-corrected chi connectivity index (χ1v) is 6.12. The van der Waals surface area contributed by atoms with E-state index in [1.54, 1.807) is 0 Å². The number of nitrogens with two attached hydrogens (primary N) is 1. The van der Waals surface area contributed by atoms with Crippen LogP contribution in [0, 0.1) is 0 Å². The monoisotopic (exact) mass is 256 g/mol. The van der Waals surface area contributed by atoms with Crippen molar-refractivity contribution in [2.45, 2.75) is 32.1 Å². The number of nitrogens with zero attached hydrogens (tertiary/aromatic N) is 1. The third-order valence-electron chi connectivity index (χ3n) is 3.36. The van der Waals surface area contributed by atoms with Crippen molar-refractivity contribution >= 4 is 18.1 Å². The van der Waals surface area contributed by atoms with Crippen molar-refractivity contribution in [1.29, 1.82) is 0 Å². The van der Waals surface area contributed by atoms with Gasteiger partial charge in [-0.2, -0.15) is 0 Å². The summed E-state index contributed by atoms with van der Waals surface area (Å²) in [6.07, 6.45) is 3.87. The van der Waals surface area contributed by atoms with Crippen LogP contribution >= 0.6 is 12.4 Å². The summed E-state index contributed by atoms with van der Waals surface area (Å²) in [4.78, 5) is 2.40. The summed E-state index contributed by atoms with van der Waals surface area (Å²) in [5.74, 6) is -0.284. The van der Waals surface area contributed by atoms with E-state index in [-0.39, 0.29) is 18.3 Å². The van der Waals surface area contributed by atoms with Crippen LogP contribution in [0.4, 0.5) is 5.69 Å². The van der Waals surface area contributed by atoms with Gasteiger partial charge in [0.05, 0.1) is 0 Å². The summed E-state index contributed by atoms with van der Waals surface area (Å²) in [5, 5.41) is 0. The summed E-state index contributed by atoms with van der Waals surface area (Å²) >= 11 is 0. The van der Waals surface area contributed by atoms with Crippen LogP contribution in [0.25, 0.3) is 0 Å². The average Bonchev–Trinajstić information content (AvgIpc) is 2.38. The summed E-state index contributed by atoms with van der Waals surface area (Å²) in [6, 6.07) is 8.17. The van der Waals surface area contributed by atoms with Gasteiger partial charge in [-0.3, -0.25) is 0 Å². The van der Waals surface area contributed by atoms with Crippen LogP contribution in [-0.4, -0.2) is 19.6 Å². The SMILES string of the molecule is Cl.[2H]C([2H])(N)C(C)c1ccc(N2CCCCC2)cc1. The van der Waals surface area contributed by atoms with Crippen LogP contribution in [0.1, 0.15) is 40.4 Å². The number of piperidine rings is 1. The van der Waals surface area contributed by atoms with Gasteiger partial charge in [-0.25, -0.2) is 0 Å². The number of halogens is 1. The number of anilines is 1. The second-order valence-electron chi connectivity index (χ2n) is 4.53. The van der Waals surface area contributed by atoms with Crippen LogP contribution in [0.2, 0.25) is 0 Å². The normalized spacial score (nSPS) is 20.0. The highest BCUT2D eigenvalue weighted by atomic mass is 35.5. The molecule has 1 saturated heterocycles. The van der Waals surface area contributed by atoms with Crippen molar-refractivity contribution in [3.05, 3.63) is 29.8 Å². The first kappa shape index (κ1) is 11.4. The van der Waals surface area contributed by atoms with Crippen molar-refractivity contribution in [1.82, 2.24) is 0 Å². The van der Waals surface area contributed by atoms with Gasteiger partial charge < -0.3 is 10.6 Å². The van der Waals surface area contributed by atoms with Crippen LogP contribution < -0.4 is 10.6 Å². The van der Waals surface area contributed by atoms with Gasteiger partial charge in [-0.05, 0) is 49.4 Å². The minimum absolute atomic E-state index is 0. The second-order valence-corrected chi connectivity index (χ2v) is 4.53. The molecule has 0 spiro atoms. The second kappa shape index (κ2) is 6.87. The third-order valence-corrected chi connectivity index (χ3v) is 3.36. The quantitative estimate of drug-likeness (QED) is 0.900. The minimum atomic E-state index is -1.66. The number of hydrogen-bond acceptors (Lipinski definition) is 2. The molecule has 1 fully saturated rings. The van der Waals surface area contributed by atoms with Crippen LogP contribution in [0.5, 0.6) is 0 Å². The molecule has 0 saturated carbocycles. The van der Waals surface area contributed by atoms with Crippen LogP contribution in [0.15, 0.2) is 24.3 Å². The fourth-order valence-electron chi connectivity index (χ4n) is 2.22. The lowest BCUT2D eigenvalue weighted by Crippen LogP contribution is -2.29. The molecule has 0 aromatic heterocycles. The molecule has 1 heterocycles. The Kier molecular flexibility index (Phi) is 4.60. The van der Waals surface area contributed by atoms with E-state index >= 15 is 0 Å². The van der Waals surface area contributed by atoms with E-state index in [4.69, 9.17) is 8.48 Å². The molecule has 96 valence electrons. The molecule has 1 atom stereocenters. The Hall–Kier alpha value is -0.730. The zero-order valence-corrected chi connectivity index (χ0v) is 11.2. The molecule has 0 aliphatic carbocycles. The molecular weight excluding hydrogens is 232 g/mol. The fourth-order valence-corrected chi connectivity index (χ4v) is 2.22. The molecule has 1 unspecified atom stereocenters. The van der Waals surface area contributed by atoms with Gasteiger partial charge in [-0.15, -0.1) is 12.4 Å². The van der Waals surface area contributed by atoms with Crippen LogP contribution in [-0.2, 0) is 0 Å². The van der Waals surface area contributed by atoms with Gasteiger partial charge in [-0.1, -0.05) is 19.1 Å². The standard InChI is InChI=1S/C14H22N2.ClH/c1-12(11-15)13-5-7-14(8-6-13)16-9-3-2-4-10-16;/h5-8,12H,2-4,9-11,15H2,1H3;1H/i11D2;. The highest BCUT2D eigenvalue weighted by Crippen LogP contribution is 2.22. The topological polar surface area (TPSA) is 29.3 Å². The van der Waals surface area contributed by atoms with E-state index in [0.717, 1.165) is 18.7 Å². The lowest BCUT2D eigenvalue weighted by atomic mass is 10.0. The molecule has 0 amide bonds. The predicted molar refractivity (Wildman–Crippen MR) is 77.2 cm³/mol. The summed E-state index contributed by atoms with van der Waals surface area (Å²) in [5.41, 5.74) is 7.72. The van der Waals surface area contributed by atoms with Gasteiger partial charge in [0.15, 0.2) is 0 Å². The Morgan fingerprint density at radius 1 is 1.24 bits per heavy atom. The summed E-state index contributed by atoms with van der Waals surface area (Å²) in [6.45, 7) is 2.43. The van der Waals surface area contributed by atoms with E-state index < -0.39 is 6.50 Å². The molecule has 3 heteroatoms. The van der Waals surface area contributed by atoms with Crippen molar-refractivity contribution < 1.29 is 2.74 Å². The fraction of sp³-hybridized carbons (Fsp3) is 0.571. The highest BCUT2D eigenvalue weighted by molar-refractivity contribution is 5.85. The molecule has 1 aromatic rings. The van der Waals surface area contributed by atoms with Gasteiger partial charge in [0.1, 0.15) is 0 Å². The van der Waals surface area contributed by atoms with Crippen molar-refractivity contribution in [3.63, 3.8) is 0 Å². The van der Waals surface area contributed by atoms with Gasteiger partial charge >= 0.3 is 0 Å².